The fourth-order valence-corrected chi connectivity index (χ4v) is 1.75. The number of aromatic nitrogens is 2. The van der Waals surface area contributed by atoms with Crippen LogP contribution in [0.25, 0.3) is 16.8 Å². The highest BCUT2D eigenvalue weighted by Crippen LogP contribution is 2.22. The number of benzene rings is 1. The summed E-state index contributed by atoms with van der Waals surface area (Å²) in [5.41, 5.74) is 4.16. The fourth-order valence-electron chi connectivity index (χ4n) is 1.63. The summed E-state index contributed by atoms with van der Waals surface area (Å²) in [5.74, 6) is 0. The molecule has 3 heteroatoms. The molecule has 2 rings (SSSR count). The van der Waals surface area contributed by atoms with Gasteiger partial charge < -0.3 is 0 Å². The molecular weight excluding hydrogens is 244 g/mol. The molecule has 1 heterocycles. The molecule has 0 bridgehead atoms. The Bertz CT molecular complexity index is 577. The zero-order chi connectivity index (χ0) is 13.0. The second kappa shape index (κ2) is 5.69. The van der Waals surface area contributed by atoms with Crippen molar-refractivity contribution < 1.29 is 0 Å². The van der Waals surface area contributed by atoms with Gasteiger partial charge in [0.15, 0.2) is 0 Å². The van der Waals surface area contributed by atoms with Crippen molar-refractivity contribution in [2.45, 2.75) is 13.8 Å². The molecule has 0 aliphatic heterocycles. The molecule has 0 fully saturated rings. The van der Waals surface area contributed by atoms with Crippen molar-refractivity contribution in [1.29, 1.82) is 0 Å². The molecule has 0 atom stereocenters. The third kappa shape index (κ3) is 2.90. The zero-order valence-corrected chi connectivity index (χ0v) is 11.2. The minimum Gasteiger partial charge on any atom is -0.277 e. The Morgan fingerprint density at radius 1 is 1.28 bits per heavy atom. The summed E-state index contributed by atoms with van der Waals surface area (Å²) in [7, 11) is 0. The molecule has 1 aromatic carbocycles. The van der Waals surface area contributed by atoms with Crippen molar-refractivity contribution in [2.75, 3.05) is 0 Å². The quantitative estimate of drug-likeness (QED) is 0.794. The second-order valence-electron chi connectivity index (χ2n) is 4.05. The van der Waals surface area contributed by atoms with E-state index in [1.54, 1.807) is 0 Å². The third-order valence-electron chi connectivity index (χ3n) is 2.68. The molecule has 1 aromatic heterocycles. The summed E-state index contributed by atoms with van der Waals surface area (Å²) in [5, 5.41) is 8.09. The summed E-state index contributed by atoms with van der Waals surface area (Å²) in [4.78, 5) is 0. The van der Waals surface area contributed by atoms with E-state index in [0.717, 1.165) is 27.5 Å². The van der Waals surface area contributed by atoms with Crippen LogP contribution in [0.5, 0.6) is 0 Å². The Balaban J connectivity index is 2.28. The molecule has 0 amide bonds. The van der Waals surface area contributed by atoms with Gasteiger partial charge in [-0.25, -0.2) is 0 Å². The van der Waals surface area contributed by atoms with Gasteiger partial charge in [-0.1, -0.05) is 42.0 Å². The van der Waals surface area contributed by atoms with Crippen LogP contribution >= 0.6 is 11.6 Å². The number of nitrogens with one attached hydrogen (secondary N) is 1. The lowest BCUT2D eigenvalue weighted by molar-refractivity contribution is 1.08. The summed E-state index contributed by atoms with van der Waals surface area (Å²) < 4.78 is 0. The first kappa shape index (κ1) is 12.7. The van der Waals surface area contributed by atoms with E-state index in [4.69, 9.17) is 11.6 Å². The number of allylic oxidation sites excluding steroid dienone is 4. The molecule has 0 saturated carbocycles. The normalized spacial score (nSPS) is 12.3. The SMILES string of the molecule is C/C=C\C=C(/C)c1cc(-c2ccc(Cl)cc2)[nH]n1. The van der Waals surface area contributed by atoms with Crippen LogP contribution in [0.3, 0.4) is 0 Å². The van der Waals surface area contributed by atoms with Crippen molar-refractivity contribution in [3.05, 3.63) is 59.3 Å². The molecule has 0 unspecified atom stereocenters. The molecule has 18 heavy (non-hydrogen) atoms. The number of nitrogens with zero attached hydrogens (tertiary/aromatic N) is 1. The third-order valence-corrected chi connectivity index (χ3v) is 2.93. The van der Waals surface area contributed by atoms with Gasteiger partial charge in [-0.2, -0.15) is 5.10 Å². The maximum atomic E-state index is 5.87. The highest BCUT2D eigenvalue weighted by Gasteiger charge is 2.04. The lowest BCUT2D eigenvalue weighted by Crippen LogP contribution is -1.78. The molecule has 1 N–H and O–H groups in total. The van der Waals surface area contributed by atoms with Crippen molar-refractivity contribution in [3.8, 4) is 11.3 Å². The average molecular weight is 259 g/mol. The lowest BCUT2D eigenvalue weighted by Gasteiger charge is -1.96. The standard InChI is InChI=1S/C15H15ClN2/c1-3-4-5-11(2)14-10-15(18-17-14)12-6-8-13(16)9-7-12/h3-10H,1-2H3,(H,17,18)/b4-3-,11-5+. The molecule has 2 aromatic rings. The molecule has 0 saturated heterocycles. The molecule has 0 radical (unpaired) electrons. The predicted molar refractivity (Wildman–Crippen MR) is 77.5 cm³/mol. The van der Waals surface area contributed by atoms with Crippen molar-refractivity contribution in [3.63, 3.8) is 0 Å². The molecular formula is C15H15ClN2. The molecule has 0 aliphatic carbocycles. The zero-order valence-electron chi connectivity index (χ0n) is 10.4. The molecule has 2 nitrogen and oxygen atoms in total. The van der Waals surface area contributed by atoms with E-state index in [9.17, 15) is 0 Å². The van der Waals surface area contributed by atoms with E-state index in [2.05, 4.69) is 10.2 Å². The summed E-state index contributed by atoms with van der Waals surface area (Å²) in [6.07, 6.45) is 6.05. The van der Waals surface area contributed by atoms with Crippen LogP contribution in [0, 0.1) is 0 Å². The van der Waals surface area contributed by atoms with Crippen LogP contribution < -0.4 is 0 Å². The topological polar surface area (TPSA) is 28.7 Å². The minimum atomic E-state index is 0.739. The summed E-state index contributed by atoms with van der Waals surface area (Å²) in [6, 6.07) is 9.74. The van der Waals surface area contributed by atoms with E-state index < -0.39 is 0 Å². The predicted octanol–water partition coefficient (Wildman–Crippen LogP) is 4.71. The first-order valence-corrected chi connectivity index (χ1v) is 6.20. The van der Waals surface area contributed by atoms with Gasteiger partial charge in [0.2, 0.25) is 0 Å². The number of halogens is 1. The first-order chi connectivity index (χ1) is 8.70. The number of rotatable bonds is 3. The molecule has 92 valence electrons. The van der Waals surface area contributed by atoms with E-state index in [1.165, 1.54) is 0 Å². The number of hydrogen-bond acceptors (Lipinski definition) is 1. The maximum Gasteiger partial charge on any atom is 0.0884 e. The van der Waals surface area contributed by atoms with Crippen LogP contribution in [-0.2, 0) is 0 Å². The van der Waals surface area contributed by atoms with E-state index in [0.29, 0.717) is 0 Å². The maximum absolute atomic E-state index is 5.87. The van der Waals surface area contributed by atoms with Gasteiger partial charge >= 0.3 is 0 Å². The van der Waals surface area contributed by atoms with Crippen LogP contribution in [0.4, 0.5) is 0 Å². The van der Waals surface area contributed by atoms with Crippen LogP contribution in [0.15, 0.2) is 48.6 Å². The van der Waals surface area contributed by atoms with Gasteiger partial charge in [0.05, 0.1) is 11.4 Å². The van der Waals surface area contributed by atoms with Gasteiger partial charge in [-0.3, -0.25) is 5.10 Å². The fraction of sp³-hybridized carbons (Fsp3) is 0.133. The monoisotopic (exact) mass is 258 g/mol. The van der Waals surface area contributed by atoms with Crippen LogP contribution in [-0.4, -0.2) is 10.2 Å². The summed E-state index contributed by atoms with van der Waals surface area (Å²) in [6.45, 7) is 4.04. The van der Waals surface area contributed by atoms with Crippen LogP contribution in [0.1, 0.15) is 19.5 Å². The highest BCUT2D eigenvalue weighted by molar-refractivity contribution is 6.30. The van der Waals surface area contributed by atoms with E-state index in [-0.39, 0.29) is 0 Å². The second-order valence-corrected chi connectivity index (χ2v) is 4.49. The first-order valence-electron chi connectivity index (χ1n) is 5.82. The Kier molecular flexibility index (Phi) is 4.00. The number of H-pyrrole nitrogens is 1. The van der Waals surface area contributed by atoms with Crippen LogP contribution in [0.2, 0.25) is 5.02 Å². The lowest BCUT2D eigenvalue weighted by atomic mass is 10.1. The number of hydrogen-bond donors (Lipinski definition) is 1. The van der Waals surface area contributed by atoms with Crippen molar-refractivity contribution in [1.82, 2.24) is 10.2 Å². The van der Waals surface area contributed by atoms with Crippen molar-refractivity contribution >= 4 is 17.2 Å². The Hall–Kier alpha value is -1.80. The highest BCUT2D eigenvalue weighted by atomic mass is 35.5. The van der Waals surface area contributed by atoms with Crippen molar-refractivity contribution in [2.24, 2.45) is 0 Å². The van der Waals surface area contributed by atoms with E-state index >= 15 is 0 Å². The van der Waals surface area contributed by atoms with Gasteiger partial charge in [-0.05, 0) is 43.2 Å². The minimum absolute atomic E-state index is 0.739. The Morgan fingerprint density at radius 2 is 2.00 bits per heavy atom. The van der Waals surface area contributed by atoms with Gasteiger partial charge in [0, 0.05) is 5.02 Å². The number of aromatic amines is 1. The largest absolute Gasteiger partial charge is 0.277 e. The van der Waals surface area contributed by atoms with Gasteiger partial charge in [-0.15, -0.1) is 0 Å². The average Bonchev–Trinajstić information content (AvgIpc) is 2.86. The Morgan fingerprint density at radius 3 is 2.67 bits per heavy atom. The Labute approximate surface area is 112 Å². The van der Waals surface area contributed by atoms with Gasteiger partial charge in [0.1, 0.15) is 0 Å². The summed E-state index contributed by atoms with van der Waals surface area (Å²) >= 11 is 5.87. The van der Waals surface area contributed by atoms with E-state index in [1.807, 2.05) is 62.4 Å². The molecule has 0 aliphatic rings. The smallest absolute Gasteiger partial charge is 0.0884 e. The van der Waals surface area contributed by atoms with Gasteiger partial charge in [0.25, 0.3) is 0 Å². The molecule has 0 spiro atoms.